The SMILES string of the molecule is CC(OC(=O)c1nn(-c2ccccc2)c(=O)c2ccccc12)C(N)=O. The Morgan fingerprint density at radius 3 is 2.28 bits per heavy atom. The Hall–Kier alpha value is -3.48. The normalized spacial score (nSPS) is 11.9. The smallest absolute Gasteiger partial charge is 0.360 e. The largest absolute Gasteiger partial charge is 0.448 e. The van der Waals surface area contributed by atoms with E-state index in [9.17, 15) is 14.4 Å². The lowest BCUT2D eigenvalue weighted by Gasteiger charge is -2.12. The van der Waals surface area contributed by atoms with Crippen LogP contribution in [0.1, 0.15) is 17.4 Å². The minimum absolute atomic E-state index is 0.0628. The third kappa shape index (κ3) is 3.12. The van der Waals surface area contributed by atoms with Gasteiger partial charge in [-0.3, -0.25) is 9.59 Å². The number of esters is 1. The van der Waals surface area contributed by atoms with Gasteiger partial charge in [0.15, 0.2) is 11.8 Å². The van der Waals surface area contributed by atoms with Crippen LogP contribution in [0, 0.1) is 0 Å². The second-order valence-corrected chi connectivity index (χ2v) is 5.40. The van der Waals surface area contributed by atoms with Gasteiger partial charge in [0.25, 0.3) is 11.5 Å². The molecule has 1 unspecified atom stereocenters. The number of ether oxygens (including phenoxy) is 1. The van der Waals surface area contributed by atoms with Gasteiger partial charge < -0.3 is 10.5 Å². The zero-order chi connectivity index (χ0) is 18.0. The van der Waals surface area contributed by atoms with Crippen molar-refractivity contribution in [1.29, 1.82) is 0 Å². The van der Waals surface area contributed by atoms with Crippen molar-refractivity contribution < 1.29 is 14.3 Å². The van der Waals surface area contributed by atoms with Crippen LogP contribution in [0.5, 0.6) is 0 Å². The van der Waals surface area contributed by atoms with Crippen LogP contribution >= 0.6 is 0 Å². The van der Waals surface area contributed by atoms with Gasteiger partial charge in [-0.2, -0.15) is 9.78 Å². The van der Waals surface area contributed by atoms with Crippen LogP contribution in [0.2, 0.25) is 0 Å². The number of hydrogen-bond donors (Lipinski definition) is 1. The molecule has 0 saturated carbocycles. The Morgan fingerprint density at radius 1 is 1.04 bits per heavy atom. The highest BCUT2D eigenvalue weighted by molar-refractivity contribution is 6.02. The van der Waals surface area contributed by atoms with E-state index in [2.05, 4.69) is 5.10 Å². The Kier molecular flexibility index (Phi) is 4.30. The molecule has 25 heavy (non-hydrogen) atoms. The van der Waals surface area contributed by atoms with Crippen molar-refractivity contribution in [3.63, 3.8) is 0 Å². The van der Waals surface area contributed by atoms with E-state index in [1.165, 1.54) is 6.92 Å². The van der Waals surface area contributed by atoms with Crippen molar-refractivity contribution in [3.8, 4) is 5.69 Å². The molecule has 0 aliphatic rings. The Bertz CT molecular complexity index is 1010. The number of amides is 1. The predicted octanol–water partition coefficient (Wildman–Crippen LogP) is 1.42. The third-order valence-electron chi connectivity index (χ3n) is 3.68. The number of carbonyl (C=O) groups is 2. The fourth-order valence-electron chi connectivity index (χ4n) is 2.36. The van der Waals surface area contributed by atoms with Crippen LogP contribution in [0.4, 0.5) is 0 Å². The highest BCUT2D eigenvalue weighted by Crippen LogP contribution is 2.16. The predicted molar refractivity (Wildman–Crippen MR) is 91.4 cm³/mol. The molecule has 0 saturated heterocycles. The summed E-state index contributed by atoms with van der Waals surface area (Å²) in [7, 11) is 0. The molecule has 1 heterocycles. The number of nitrogens with two attached hydrogens (primary N) is 1. The zero-order valence-electron chi connectivity index (χ0n) is 13.4. The van der Waals surface area contributed by atoms with E-state index in [1.54, 1.807) is 54.6 Å². The number of fused-ring (bicyclic) bond motifs is 1. The number of carbonyl (C=O) groups excluding carboxylic acids is 2. The lowest BCUT2D eigenvalue weighted by molar-refractivity contribution is -0.125. The number of para-hydroxylation sites is 1. The molecule has 0 bridgehead atoms. The van der Waals surface area contributed by atoms with Gasteiger partial charge >= 0.3 is 5.97 Å². The van der Waals surface area contributed by atoms with E-state index in [0.717, 1.165) is 4.68 Å². The summed E-state index contributed by atoms with van der Waals surface area (Å²) in [4.78, 5) is 36.3. The molecule has 0 fully saturated rings. The maximum atomic E-state index is 12.7. The average molecular weight is 337 g/mol. The van der Waals surface area contributed by atoms with Crippen LogP contribution in [0.25, 0.3) is 16.5 Å². The van der Waals surface area contributed by atoms with Crippen LogP contribution in [-0.2, 0) is 9.53 Å². The molecule has 1 atom stereocenters. The van der Waals surface area contributed by atoms with Gasteiger partial charge in [-0.1, -0.05) is 36.4 Å². The molecule has 3 rings (SSSR count). The zero-order valence-corrected chi connectivity index (χ0v) is 13.4. The van der Waals surface area contributed by atoms with Crippen LogP contribution in [-0.4, -0.2) is 27.8 Å². The Balaban J connectivity index is 2.21. The summed E-state index contributed by atoms with van der Waals surface area (Å²) < 4.78 is 6.18. The minimum atomic E-state index is -1.11. The van der Waals surface area contributed by atoms with Crippen molar-refractivity contribution in [2.45, 2.75) is 13.0 Å². The standard InChI is InChI=1S/C18H15N3O4/c1-11(16(19)22)25-18(24)15-13-9-5-6-10-14(13)17(23)21(20-15)12-7-3-2-4-8-12/h2-11H,1H3,(H2,19,22). The molecular weight excluding hydrogens is 322 g/mol. The number of hydrogen-bond acceptors (Lipinski definition) is 5. The number of rotatable bonds is 4. The first kappa shape index (κ1) is 16.4. The molecular formula is C18H15N3O4. The maximum absolute atomic E-state index is 12.7. The van der Waals surface area contributed by atoms with Crippen LogP contribution in [0.3, 0.4) is 0 Å². The summed E-state index contributed by atoms with van der Waals surface area (Å²) in [5.74, 6) is -1.60. The topological polar surface area (TPSA) is 104 Å². The fraction of sp³-hybridized carbons (Fsp3) is 0.111. The first-order valence-corrected chi connectivity index (χ1v) is 7.57. The summed E-state index contributed by atoms with van der Waals surface area (Å²) in [6.45, 7) is 1.37. The Morgan fingerprint density at radius 2 is 1.64 bits per heavy atom. The number of nitrogens with zero attached hydrogens (tertiary/aromatic N) is 2. The van der Waals surface area contributed by atoms with E-state index in [0.29, 0.717) is 16.5 Å². The van der Waals surface area contributed by atoms with E-state index in [1.807, 2.05) is 0 Å². The molecule has 7 heteroatoms. The van der Waals surface area contributed by atoms with Crippen LogP contribution < -0.4 is 11.3 Å². The lowest BCUT2D eigenvalue weighted by atomic mass is 10.1. The monoisotopic (exact) mass is 337 g/mol. The molecule has 3 aromatic rings. The summed E-state index contributed by atoms with van der Waals surface area (Å²) in [6, 6.07) is 15.3. The second kappa shape index (κ2) is 6.56. The van der Waals surface area contributed by atoms with Crippen molar-refractivity contribution in [2.24, 2.45) is 5.73 Å². The molecule has 1 aromatic heterocycles. The maximum Gasteiger partial charge on any atom is 0.360 e. The van der Waals surface area contributed by atoms with Gasteiger partial charge in [0.05, 0.1) is 11.1 Å². The van der Waals surface area contributed by atoms with Gasteiger partial charge in [-0.05, 0) is 25.1 Å². The molecule has 0 aliphatic carbocycles. The van der Waals surface area contributed by atoms with Crippen LogP contribution in [0.15, 0.2) is 59.4 Å². The molecule has 0 aliphatic heterocycles. The van der Waals surface area contributed by atoms with Gasteiger partial charge in [0.1, 0.15) is 0 Å². The minimum Gasteiger partial charge on any atom is -0.448 e. The molecule has 0 spiro atoms. The highest BCUT2D eigenvalue weighted by atomic mass is 16.5. The quantitative estimate of drug-likeness (QED) is 0.725. The fourth-order valence-corrected chi connectivity index (χ4v) is 2.36. The highest BCUT2D eigenvalue weighted by Gasteiger charge is 2.22. The van der Waals surface area contributed by atoms with Crippen molar-refractivity contribution in [2.75, 3.05) is 0 Å². The first-order chi connectivity index (χ1) is 12.0. The first-order valence-electron chi connectivity index (χ1n) is 7.57. The van der Waals surface area contributed by atoms with Gasteiger partial charge in [0.2, 0.25) is 0 Å². The average Bonchev–Trinajstić information content (AvgIpc) is 2.62. The van der Waals surface area contributed by atoms with E-state index >= 15 is 0 Å². The van der Waals surface area contributed by atoms with Gasteiger partial charge in [0, 0.05) is 5.39 Å². The van der Waals surface area contributed by atoms with Crippen molar-refractivity contribution in [1.82, 2.24) is 9.78 Å². The number of benzene rings is 2. The second-order valence-electron chi connectivity index (χ2n) is 5.40. The van der Waals surface area contributed by atoms with Crippen molar-refractivity contribution >= 4 is 22.6 Å². The van der Waals surface area contributed by atoms with Gasteiger partial charge in [-0.15, -0.1) is 0 Å². The number of aromatic nitrogens is 2. The number of primary amides is 1. The summed E-state index contributed by atoms with van der Waals surface area (Å²) in [6.07, 6.45) is -1.11. The molecule has 1 amide bonds. The molecule has 126 valence electrons. The van der Waals surface area contributed by atoms with E-state index in [-0.39, 0.29) is 11.3 Å². The molecule has 0 radical (unpaired) electrons. The molecule has 2 aromatic carbocycles. The third-order valence-corrected chi connectivity index (χ3v) is 3.68. The summed E-state index contributed by atoms with van der Waals surface area (Å²) >= 11 is 0. The van der Waals surface area contributed by atoms with E-state index in [4.69, 9.17) is 10.5 Å². The summed E-state index contributed by atoms with van der Waals surface area (Å²) in [5, 5.41) is 4.83. The van der Waals surface area contributed by atoms with Crippen molar-refractivity contribution in [3.05, 3.63) is 70.6 Å². The van der Waals surface area contributed by atoms with Gasteiger partial charge in [-0.25, -0.2) is 4.79 Å². The molecule has 7 nitrogen and oxygen atoms in total. The lowest BCUT2D eigenvalue weighted by Crippen LogP contribution is -2.32. The Labute approximate surface area is 142 Å². The summed E-state index contributed by atoms with van der Waals surface area (Å²) in [5.41, 5.74) is 5.22. The molecule has 2 N–H and O–H groups in total. The van der Waals surface area contributed by atoms with E-state index < -0.39 is 18.0 Å².